The molecule has 0 spiro atoms. The first-order valence-electron chi connectivity index (χ1n) is 9.99. The van der Waals surface area contributed by atoms with Crippen molar-refractivity contribution in [1.82, 2.24) is 30.0 Å². The molecule has 3 aromatic heterocycles. The van der Waals surface area contributed by atoms with Crippen molar-refractivity contribution in [3.8, 4) is 0 Å². The van der Waals surface area contributed by atoms with Gasteiger partial charge in [0.1, 0.15) is 11.5 Å². The Bertz CT molecular complexity index is 938. The van der Waals surface area contributed by atoms with Crippen LogP contribution in [0.2, 0.25) is 0 Å². The fraction of sp³-hybridized carbons (Fsp3) is 0.429. The van der Waals surface area contributed by atoms with Crippen LogP contribution in [0.3, 0.4) is 0 Å². The van der Waals surface area contributed by atoms with Crippen LogP contribution < -0.4 is 5.32 Å². The molecule has 4 heterocycles. The first kappa shape index (κ1) is 19.7. The molecule has 7 nitrogen and oxygen atoms in total. The van der Waals surface area contributed by atoms with Crippen LogP contribution in [-0.2, 0) is 19.5 Å². The summed E-state index contributed by atoms with van der Waals surface area (Å²) < 4.78 is 2.19. The predicted octanol–water partition coefficient (Wildman–Crippen LogP) is 2.92. The number of hydrogen-bond acceptors (Lipinski definition) is 6. The van der Waals surface area contributed by atoms with Crippen LogP contribution in [0.15, 0.2) is 41.2 Å². The number of nitrogens with zero attached hydrogens (tertiary/aromatic N) is 5. The zero-order chi connectivity index (χ0) is 20.2. The summed E-state index contributed by atoms with van der Waals surface area (Å²) >= 11 is 1.74. The smallest absolute Gasteiger partial charge is 0.270 e. The van der Waals surface area contributed by atoms with Crippen LogP contribution >= 0.6 is 11.3 Å². The second kappa shape index (κ2) is 8.84. The zero-order valence-corrected chi connectivity index (χ0v) is 17.6. The van der Waals surface area contributed by atoms with E-state index < -0.39 is 0 Å². The molecule has 4 rings (SSSR count). The molecule has 1 aliphatic rings. The largest absolute Gasteiger partial charge is 0.340 e. The number of aromatic nitrogens is 4. The molecule has 29 heavy (non-hydrogen) atoms. The Hall–Kier alpha value is -2.58. The van der Waals surface area contributed by atoms with Crippen molar-refractivity contribution >= 4 is 17.2 Å². The van der Waals surface area contributed by atoms with Gasteiger partial charge in [-0.2, -0.15) is 11.3 Å². The lowest BCUT2D eigenvalue weighted by atomic mass is 10.0. The first-order chi connectivity index (χ1) is 14.1. The Balaban J connectivity index is 1.50. The Labute approximate surface area is 174 Å². The van der Waals surface area contributed by atoms with Gasteiger partial charge in [0.15, 0.2) is 5.82 Å². The van der Waals surface area contributed by atoms with Crippen molar-refractivity contribution in [3.05, 3.63) is 64.1 Å². The molecule has 0 aliphatic carbocycles. The van der Waals surface area contributed by atoms with E-state index in [0.29, 0.717) is 5.69 Å². The minimum atomic E-state index is -0.214. The lowest BCUT2D eigenvalue weighted by molar-refractivity contribution is 0.0916. The molecule has 8 heteroatoms. The van der Waals surface area contributed by atoms with Crippen LogP contribution in [-0.4, -0.2) is 43.6 Å². The maximum absolute atomic E-state index is 12.7. The number of pyridine rings is 1. The average Bonchev–Trinajstić information content (AvgIpc) is 3.33. The Morgan fingerprint density at radius 2 is 2.10 bits per heavy atom. The highest BCUT2D eigenvalue weighted by Crippen LogP contribution is 2.23. The van der Waals surface area contributed by atoms with Crippen molar-refractivity contribution in [2.75, 3.05) is 13.1 Å². The van der Waals surface area contributed by atoms with Crippen LogP contribution in [0.25, 0.3) is 0 Å². The lowest BCUT2D eigenvalue weighted by Gasteiger charge is -2.23. The predicted molar refractivity (Wildman–Crippen MR) is 113 cm³/mol. The Morgan fingerprint density at radius 1 is 1.21 bits per heavy atom. The van der Waals surface area contributed by atoms with Crippen molar-refractivity contribution in [3.63, 3.8) is 0 Å². The maximum Gasteiger partial charge on any atom is 0.270 e. The van der Waals surface area contributed by atoms with E-state index in [9.17, 15) is 4.79 Å². The zero-order valence-electron chi connectivity index (χ0n) is 16.8. The van der Waals surface area contributed by atoms with Crippen LogP contribution in [0.4, 0.5) is 0 Å². The van der Waals surface area contributed by atoms with E-state index in [1.807, 2.05) is 6.07 Å². The molecule has 0 aromatic carbocycles. The molecule has 0 bridgehead atoms. The first-order valence-corrected chi connectivity index (χ1v) is 10.9. The number of thiophene rings is 1. The van der Waals surface area contributed by atoms with E-state index in [1.165, 1.54) is 5.56 Å². The Kier molecular flexibility index (Phi) is 6.01. The molecule has 1 N–H and O–H groups in total. The topological polar surface area (TPSA) is 75.9 Å². The number of carbonyl (C=O) groups excluding carboxylic acids is 1. The van der Waals surface area contributed by atoms with Crippen molar-refractivity contribution in [2.45, 2.75) is 39.4 Å². The van der Waals surface area contributed by atoms with Gasteiger partial charge in [0.05, 0.1) is 6.04 Å². The summed E-state index contributed by atoms with van der Waals surface area (Å²) in [5.41, 5.74) is 1.77. The van der Waals surface area contributed by atoms with E-state index >= 15 is 0 Å². The SMILES string of the molecule is CC(C)C(NC(=O)c1ccccn1)c1nnc2n1CCN(Cc1ccsc1)CC2. The van der Waals surface area contributed by atoms with E-state index in [-0.39, 0.29) is 17.9 Å². The van der Waals surface area contributed by atoms with Gasteiger partial charge in [0.25, 0.3) is 5.91 Å². The summed E-state index contributed by atoms with van der Waals surface area (Å²) in [6, 6.07) is 7.31. The molecule has 1 atom stereocenters. The van der Waals surface area contributed by atoms with Gasteiger partial charge >= 0.3 is 0 Å². The van der Waals surface area contributed by atoms with E-state index in [4.69, 9.17) is 0 Å². The van der Waals surface area contributed by atoms with Gasteiger partial charge in [-0.15, -0.1) is 10.2 Å². The monoisotopic (exact) mass is 410 g/mol. The third kappa shape index (κ3) is 4.54. The normalized spacial score (nSPS) is 15.7. The second-order valence-electron chi connectivity index (χ2n) is 7.69. The van der Waals surface area contributed by atoms with E-state index in [2.05, 4.69) is 60.6 Å². The summed E-state index contributed by atoms with van der Waals surface area (Å²) in [7, 11) is 0. The van der Waals surface area contributed by atoms with Gasteiger partial charge < -0.3 is 9.88 Å². The third-order valence-electron chi connectivity index (χ3n) is 5.26. The molecule has 0 radical (unpaired) electrons. The molecule has 1 aliphatic heterocycles. The van der Waals surface area contributed by atoms with Crippen molar-refractivity contribution in [1.29, 1.82) is 0 Å². The highest BCUT2D eigenvalue weighted by molar-refractivity contribution is 7.07. The molecular formula is C21H26N6OS. The Morgan fingerprint density at radius 3 is 2.83 bits per heavy atom. The van der Waals surface area contributed by atoms with Gasteiger partial charge in [0, 0.05) is 38.8 Å². The number of nitrogens with one attached hydrogen (secondary N) is 1. The van der Waals surface area contributed by atoms with Crippen LogP contribution in [0.1, 0.15) is 47.6 Å². The van der Waals surface area contributed by atoms with Crippen LogP contribution in [0, 0.1) is 5.92 Å². The van der Waals surface area contributed by atoms with Gasteiger partial charge in [-0.3, -0.25) is 14.7 Å². The summed E-state index contributed by atoms with van der Waals surface area (Å²) in [4.78, 5) is 19.3. The highest BCUT2D eigenvalue weighted by atomic mass is 32.1. The van der Waals surface area contributed by atoms with Gasteiger partial charge in [-0.1, -0.05) is 19.9 Å². The van der Waals surface area contributed by atoms with Crippen LogP contribution in [0.5, 0.6) is 0 Å². The minimum absolute atomic E-state index is 0.182. The molecule has 3 aromatic rings. The molecular weight excluding hydrogens is 384 g/mol. The van der Waals surface area contributed by atoms with Crippen molar-refractivity contribution in [2.24, 2.45) is 5.92 Å². The number of fused-ring (bicyclic) bond motifs is 1. The molecule has 1 unspecified atom stereocenters. The molecule has 152 valence electrons. The van der Waals surface area contributed by atoms with Gasteiger partial charge in [0.2, 0.25) is 0 Å². The molecule has 0 saturated heterocycles. The van der Waals surface area contributed by atoms with Gasteiger partial charge in [-0.25, -0.2) is 0 Å². The van der Waals surface area contributed by atoms with E-state index in [0.717, 1.165) is 44.2 Å². The standard InChI is InChI=1S/C21H26N6OS/c1-15(2)19(23-21(28)17-5-3-4-8-22-17)20-25-24-18-6-9-26(10-11-27(18)20)13-16-7-12-29-14-16/h3-5,7-8,12,14-15,19H,6,9-11,13H2,1-2H3,(H,23,28). The lowest BCUT2D eigenvalue weighted by Crippen LogP contribution is -2.34. The third-order valence-corrected chi connectivity index (χ3v) is 5.99. The summed E-state index contributed by atoms with van der Waals surface area (Å²) in [6.07, 6.45) is 2.49. The average molecular weight is 411 g/mol. The molecule has 1 amide bonds. The molecule has 0 fully saturated rings. The minimum Gasteiger partial charge on any atom is -0.340 e. The fourth-order valence-corrected chi connectivity index (χ4v) is 4.32. The van der Waals surface area contributed by atoms with E-state index in [1.54, 1.807) is 29.7 Å². The summed E-state index contributed by atoms with van der Waals surface area (Å²) in [6.45, 7) is 7.86. The van der Waals surface area contributed by atoms with Gasteiger partial charge in [-0.05, 0) is 40.4 Å². The fourth-order valence-electron chi connectivity index (χ4n) is 3.66. The number of amides is 1. The summed E-state index contributed by atoms with van der Waals surface area (Å²) in [5, 5.41) is 16.4. The summed E-state index contributed by atoms with van der Waals surface area (Å²) in [5.74, 6) is 1.82. The highest BCUT2D eigenvalue weighted by Gasteiger charge is 2.28. The quantitative estimate of drug-likeness (QED) is 0.676. The van der Waals surface area contributed by atoms with Crippen molar-refractivity contribution < 1.29 is 4.79 Å². The second-order valence-corrected chi connectivity index (χ2v) is 8.47. The number of hydrogen-bond donors (Lipinski definition) is 1. The maximum atomic E-state index is 12.7. The molecule has 0 saturated carbocycles. The number of carbonyl (C=O) groups is 1. The number of rotatable bonds is 6.